The minimum absolute atomic E-state index is 0.296. The van der Waals surface area contributed by atoms with E-state index in [2.05, 4.69) is 15.0 Å². The van der Waals surface area contributed by atoms with E-state index < -0.39 is 0 Å². The molecule has 5 aromatic rings. The van der Waals surface area contributed by atoms with E-state index in [1.165, 1.54) is 11.3 Å². The van der Waals surface area contributed by atoms with Gasteiger partial charge in [0.15, 0.2) is 5.76 Å². The first-order valence-corrected chi connectivity index (χ1v) is 14.0. The fourth-order valence-electron chi connectivity index (χ4n) is 5.00. The molecule has 1 aliphatic heterocycles. The molecule has 10 nitrogen and oxygen atoms in total. The van der Waals surface area contributed by atoms with Crippen LogP contribution < -0.4 is 19.1 Å². The zero-order chi connectivity index (χ0) is 27.6. The molecule has 0 unspecified atom stereocenters. The van der Waals surface area contributed by atoms with Gasteiger partial charge in [0.2, 0.25) is 4.96 Å². The van der Waals surface area contributed by atoms with Crippen molar-refractivity contribution in [3.05, 3.63) is 54.2 Å². The van der Waals surface area contributed by atoms with Crippen LogP contribution in [-0.2, 0) is 4.74 Å². The number of imidazole rings is 1. The molecule has 1 atom stereocenters. The number of ether oxygens (including phenoxy) is 4. The lowest BCUT2D eigenvalue weighted by Gasteiger charge is -2.34. The third-order valence-electron chi connectivity index (χ3n) is 7.00. The number of furan rings is 1. The van der Waals surface area contributed by atoms with Crippen molar-refractivity contribution >= 4 is 38.9 Å². The number of carbonyl (C=O) groups is 1. The summed E-state index contributed by atoms with van der Waals surface area (Å²) in [5.74, 6) is 2.04. The lowest BCUT2D eigenvalue weighted by atomic mass is 9.98. The van der Waals surface area contributed by atoms with E-state index in [4.69, 9.17) is 23.4 Å². The number of rotatable bonds is 9. The summed E-state index contributed by atoms with van der Waals surface area (Å²) in [6.07, 6.45) is 3.95. The number of hydrogen-bond acceptors (Lipinski definition) is 10. The van der Waals surface area contributed by atoms with E-state index in [-0.39, 0.29) is 5.97 Å². The quantitative estimate of drug-likeness (QED) is 0.210. The Morgan fingerprint density at radius 1 is 1.15 bits per heavy atom. The molecule has 40 heavy (non-hydrogen) atoms. The lowest BCUT2D eigenvalue weighted by Crippen LogP contribution is -2.37. The number of benzene rings is 2. The van der Waals surface area contributed by atoms with Crippen LogP contribution in [0.15, 0.2) is 53.1 Å². The zero-order valence-electron chi connectivity index (χ0n) is 22.6. The number of hydrogen-bond donors (Lipinski definition) is 0. The Morgan fingerprint density at radius 2 is 2.00 bits per heavy atom. The summed E-state index contributed by atoms with van der Waals surface area (Å²) in [4.78, 5) is 19.7. The first-order valence-electron chi connectivity index (χ1n) is 13.2. The summed E-state index contributed by atoms with van der Waals surface area (Å²) < 4.78 is 30.1. The lowest BCUT2D eigenvalue weighted by molar-refractivity contribution is 0.0526. The normalized spacial score (nSPS) is 15.5. The number of piperidine rings is 1. The highest BCUT2D eigenvalue weighted by molar-refractivity contribution is 7.18. The number of methoxy groups -OCH3 is 2. The van der Waals surface area contributed by atoms with Gasteiger partial charge in [-0.2, -0.15) is 0 Å². The van der Waals surface area contributed by atoms with Crippen LogP contribution >= 0.6 is 11.3 Å². The molecule has 4 heterocycles. The fourth-order valence-corrected chi connectivity index (χ4v) is 5.69. The molecule has 208 valence electrons. The summed E-state index contributed by atoms with van der Waals surface area (Å²) in [5.41, 5.74) is 3.00. The number of carbonyl (C=O) groups excluding carboxylic acids is 1. The summed E-state index contributed by atoms with van der Waals surface area (Å²) in [7, 11) is 3.21. The molecule has 11 heteroatoms. The maximum atomic E-state index is 12.0. The second-order valence-electron chi connectivity index (χ2n) is 9.61. The van der Waals surface area contributed by atoms with Gasteiger partial charge in [-0.3, -0.25) is 0 Å². The molecule has 0 aliphatic carbocycles. The molecule has 0 radical (unpaired) electrons. The predicted molar refractivity (Wildman–Crippen MR) is 152 cm³/mol. The summed E-state index contributed by atoms with van der Waals surface area (Å²) in [6.45, 7) is 4.56. The third kappa shape index (κ3) is 5.16. The van der Waals surface area contributed by atoms with Crippen LogP contribution in [0.4, 0.5) is 5.69 Å². The van der Waals surface area contributed by atoms with E-state index in [1.807, 2.05) is 55.6 Å². The Balaban J connectivity index is 1.18. The van der Waals surface area contributed by atoms with Crippen LogP contribution in [0.5, 0.6) is 16.7 Å². The van der Waals surface area contributed by atoms with E-state index in [9.17, 15) is 4.79 Å². The van der Waals surface area contributed by atoms with Crippen LogP contribution in [0.2, 0.25) is 0 Å². The Morgan fingerprint density at radius 3 is 2.75 bits per heavy atom. The van der Waals surface area contributed by atoms with Crippen molar-refractivity contribution in [2.75, 3.05) is 45.4 Å². The van der Waals surface area contributed by atoms with Gasteiger partial charge in [-0.1, -0.05) is 0 Å². The minimum Gasteiger partial charge on any atom is -0.496 e. The van der Waals surface area contributed by atoms with Crippen LogP contribution in [0.25, 0.3) is 27.4 Å². The smallest absolute Gasteiger partial charge is 0.338 e. The molecule has 0 spiro atoms. The van der Waals surface area contributed by atoms with Crippen molar-refractivity contribution < 1.29 is 28.2 Å². The molecule has 2 aromatic carbocycles. The van der Waals surface area contributed by atoms with Crippen LogP contribution in [0.3, 0.4) is 0 Å². The monoisotopic (exact) mass is 562 g/mol. The molecule has 6 rings (SSSR count). The van der Waals surface area contributed by atoms with Gasteiger partial charge in [0.05, 0.1) is 44.6 Å². The number of nitrogens with zero attached hydrogens (tertiary/aromatic N) is 4. The standard InChI is InChI=1S/C29H30N4O6S/c1-4-37-27(34)19-7-9-20(10-8-19)32-11-5-6-18(15-32)17-38-24-12-21(35-2)13-25-22(24)14-26(39-25)23-16-33-28(30-23)40-29(31-33)36-3/h7-10,12-14,16,18H,4-6,11,15,17H2,1-3H3/t18-/m0/s1. The van der Waals surface area contributed by atoms with Crippen molar-refractivity contribution in [2.45, 2.75) is 19.8 Å². The molecular weight excluding hydrogens is 532 g/mol. The molecule has 0 amide bonds. The van der Waals surface area contributed by atoms with E-state index in [1.54, 1.807) is 18.7 Å². The van der Waals surface area contributed by atoms with Crippen molar-refractivity contribution in [2.24, 2.45) is 5.92 Å². The molecule has 0 saturated carbocycles. The fraction of sp³-hybridized carbons (Fsp3) is 0.345. The van der Waals surface area contributed by atoms with Gasteiger partial charge in [-0.05, 0) is 61.4 Å². The highest BCUT2D eigenvalue weighted by atomic mass is 32.1. The molecule has 1 fully saturated rings. The summed E-state index contributed by atoms with van der Waals surface area (Å²) in [6, 6.07) is 13.3. The number of aromatic nitrogens is 3. The largest absolute Gasteiger partial charge is 0.496 e. The van der Waals surface area contributed by atoms with Crippen molar-refractivity contribution in [3.63, 3.8) is 0 Å². The first kappa shape index (κ1) is 26.0. The van der Waals surface area contributed by atoms with Gasteiger partial charge in [-0.15, -0.1) is 5.10 Å². The van der Waals surface area contributed by atoms with E-state index in [0.717, 1.165) is 42.0 Å². The Hall–Kier alpha value is -4.25. The van der Waals surface area contributed by atoms with Gasteiger partial charge >= 0.3 is 5.97 Å². The number of esters is 1. The number of fused-ring (bicyclic) bond motifs is 2. The summed E-state index contributed by atoms with van der Waals surface area (Å²) in [5, 5.41) is 5.76. The highest BCUT2D eigenvalue weighted by Crippen LogP contribution is 2.38. The third-order valence-corrected chi connectivity index (χ3v) is 7.88. The zero-order valence-corrected chi connectivity index (χ0v) is 23.4. The van der Waals surface area contributed by atoms with Crippen molar-refractivity contribution in [3.8, 4) is 28.1 Å². The topological polar surface area (TPSA) is 101 Å². The van der Waals surface area contributed by atoms with E-state index in [0.29, 0.717) is 58.4 Å². The van der Waals surface area contributed by atoms with Gasteiger partial charge in [0.25, 0.3) is 5.19 Å². The molecule has 3 aromatic heterocycles. The maximum absolute atomic E-state index is 12.0. The van der Waals surface area contributed by atoms with Gasteiger partial charge in [-0.25, -0.2) is 14.3 Å². The van der Waals surface area contributed by atoms with E-state index >= 15 is 0 Å². The Labute approximate surface area is 235 Å². The minimum atomic E-state index is -0.296. The van der Waals surface area contributed by atoms with Crippen LogP contribution in [-0.4, -0.2) is 61.1 Å². The van der Waals surface area contributed by atoms with Crippen LogP contribution in [0.1, 0.15) is 30.1 Å². The molecule has 0 N–H and O–H groups in total. The second kappa shape index (κ2) is 11.1. The average molecular weight is 563 g/mol. The van der Waals surface area contributed by atoms with Crippen LogP contribution in [0, 0.1) is 5.92 Å². The molecule has 1 aliphatic rings. The van der Waals surface area contributed by atoms with Gasteiger partial charge < -0.3 is 28.3 Å². The molecular formula is C29H30N4O6S. The summed E-state index contributed by atoms with van der Waals surface area (Å²) >= 11 is 1.36. The first-order chi connectivity index (χ1) is 19.5. The predicted octanol–water partition coefficient (Wildman–Crippen LogP) is 5.69. The second-order valence-corrected chi connectivity index (χ2v) is 10.5. The van der Waals surface area contributed by atoms with Gasteiger partial charge in [0, 0.05) is 36.8 Å². The Kier molecular flexibility index (Phi) is 7.21. The Bertz CT molecular complexity index is 1610. The van der Waals surface area contributed by atoms with Crippen molar-refractivity contribution in [1.29, 1.82) is 0 Å². The molecule has 0 bridgehead atoms. The SMILES string of the molecule is CCOC(=O)c1ccc(N2CCC[C@H](COc3cc(OC)cc4oc(-c5cn6nc(OC)sc6n5)cc34)C2)cc1. The number of anilines is 1. The highest BCUT2D eigenvalue weighted by Gasteiger charge is 2.23. The van der Waals surface area contributed by atoms with Crippen molar-refractivity contribution in [1.82, 2.24) is 14.6 Å². The average Bonchev–Trinajstić information content (AvgIpc) is 3.69. The molecule has 1 saturated heterocycles. The maximum Gasteiger partial charge on any atom is 0.338 e. The van der Waals surface area contributed by atoms with Gasteiger partial charge in [0.1, 0.15) is 22.8 Å².